The number of alkyl halides is 6. The Kier molecular flexibility index (Phi) is 20.9. The molecule has 0 amide bonds. The van der Waals surface area contributed by atoms with Crippen LogP contribution < -0.4 is 28.7 Å². The van der Waals surface area contributed by atoms with Gasteiger partial charge in [0.15, 0.2) is 39.9 Å². The van der Waals surface area contributed by atoms with E-state index in [1.54, 1.807) is 109 Å². The van der Waals surface area contributed by atoms with E-state index in [0.29, 0.717) is 146 Å². The Morgan fingerprint density at radius 1 is 0.519 bits per heavy atom. The summed E-state index contributed by atoms with van der Waals surface area (Å²) in [5, 5.41) is 44.0. The summed E-state index contributed by atoms with van der Waals surface area (Å²) in [7, 11) is 6.69. The highest BCUT2D eigenvalue weighted by Gasteiger charge is 2.43. The summed E-state index contributed by atoms with van der Waals surface area (Å²) < 4.78 is 107. The number of anilines is 2. The van der Waals surface area contributed by atoms with Gasteiger partial charge in [-0.1, -0.05) is 88.9 Å². The van der Waals surface area contributed by atoms with Crippen LogP contribution in [0, 0.1) is 5.92 Å². The van der Waals surface area contributed by atoms with Crippen LogP contribution in [0.5, 0.6) is 23.1 Å². The topological polar surface area (TPSA) is 222 Å². The van der Waals surface area contributed by atoms with Gasteiger partial charge in [-0.05, 0) is 141 Å². The monoisotopic (exact) mass is 1530 g/mol. The van der Waals surface area contributed by atoms with Crippen LogP contribution in [-0.4, -0.2) is 122 Å². The fraction of sp³-hybridized carbons (Fsp3) is 0.316. The molecule has 4 aromatic carbocycles. The van der Waals surface area contributed by atoms with Crippen molar-refractivity contribution in [2.75, 3.05) is 56.3 Å². The number of methoxy groups -OCH3 is 1. The molecule has 3 unspecified atom stereocenters. The Morgan fingerprint density at radius 3 is 1.34 bits per heavy atom. The summed E-state index contributed by atoms with van der Waals surface area (Å²) >= 11 is 26.6. The quantitative estimate of drug-likeness (QED) is 0.0640. The van der Waals surface area contributed by atoms with Crippen LogP contribution in [0.1, 0.15) is 108 Å². The fourth-order valence-electron chi connectivity index (χ4n) is 12.9. The molecule has 3 aliphatic rings. The van der Waals surface area contributed by atoms with Crippen LogP contribution in [0.4, 0.5) is 38.0 Å². The van der Waals surface area contributed by atoms with Gasteiger partial charge in [-0.25, -0.2) is 24.9 Å². The molecule has 2 saturated heterocycles. The van der Waals surface area contributed by atoms with E-state index in [-0.39, 0.29) is 17.2 Å². The number of fused-ring (bicyclic) bond motifs is 3. The highest BCUT2D eigenvalue weighted by Crippen LogP contribution is 2.49. The maximum atomic E-state index is 13.2. The van der Waals surface area contributed by atoms with E-state index in [1.165, 1.54) is 42.6 Å². The number of hydrogen-bond acceptors (Lipinski definition) is 17. The first-order valence-corrected chi connectivity index (χ1v) is 35.4. The van der Waals surface area contributed by atoms with E-state index in [1.807, 2.05) is 40.0 Å². The first-order valence-electron chi connectivity index (χ1n) is 33.9. The molecule has 12 aromatic rings. The van der Waals surface area contributed by atoms with Crippen LogP contribution in [-0.2, 0) is 50.3 Å². The first kappa shape index (κ1) is 74.7. The van der Waals surface area contributed by atoms with Crippen molar-refractivity contribution >= 4 is 90.7 Å². The molecule has 3 N–H and O–H groups in total. The van der Waals surface area contributed by atoms with Crippen LogP contribution in [0.3, 0.4) is 0 Å². The van der Waals surface area contributed by atoms with Gasteiger partial charge in [0.1, 0.15) is 11.4 Å². The summed E-state index contributed by atoms with van der Waals surface area (Å²) in [5.41, 5.74) is -1.94. The van der Waals surface area contributed by atoms with Crippen molar-refractivity contribution in [1.82, 2.24) is 53.8 Å². The molecule has 15 rings (SSSR count). The van der Waals surface area contributed by atoms with Crippen molar-refractivity contribution in [3.05, 3.63) is 235 Å². The second-order valence-corrected chi connectivity index (χ2v) is 27.8. The van der Waals surface area contributed by atoms with Gasteiger partial charge in [0.05, 0.1) is 100 Å². The lowest BCUT2D eigenvalue weighted by atomic mass is 9.83. The largest absolute Gasteiger partial charge is 0.488 e. The van der Waals surface area contributed by atoms with Crippen LogP contribution in [0.15, 0.2) is 153 Å². The molecule has 1 saturated carbocycles. The van der Waals surface area contributed by atoms with E-state index < -0.39 is 40.5 Å². The Morgan fingerprint density at radius 2 is 0.953 bits per heavy atom. The zero-order chi connectivity index (χ0) is 75.4. The molecule has 3 fully saturated rings. The molecule has 10 heterocycles. The standard InChI is InChI=1S/C27H25ClF3N5O2.C26H25ClF3N5O2.C23H21Cl2N3O3/c1-35-15-32-13-22(35)26(37,18-6-8-21(33-12-18)27(29,30)31)17-5-7-20-19(11-17)23(28)24(38-14-16-3-4-16)25(34-20)36-9-2-10-36;1-15(2)37-23-22(27)18-13-16(5-7-19(18)33-24(23)35-11-4-12-35)25(36,21-9-10-32-34(21)3)17-6-8-20(31-14-17)26(28,29)30;1-4-31-21-20(25)17-11-15(7-10-18(17)27-22(21)30-3)23(29,19-12-26-13-28(19)2)14-5-8-16(24)9-6-14/h5-8,11-13,15-16,37H,2-4,9-10,14H2,1H3;5-10,13-15,36H,4,11-12H2,1-3H3;5-13,29H,4H2,1-3H3. The third kappa shape index (κ3) is 14.3. The zero-order valence-electron chi connectivity index (χ0n) is 58.2. The van der Waals surface area contributed by atoms with Crippen molar-refractivity contribution in [1.29, 1.82) is 0 Å². The lowest BCUT2D eigenvalue weighted by Gasteiger charge is -2.34. The number of nitrogens with zero attached hydrogens (tertiary/aromatic N) is 13. The summed E-state index contributed by atoms with van der Waals surface area (Å²) in [4.78, 5) is 33.9. The Labute approximate surface area is 624 Å². The number of rotatable bonds is 19. The highest BCUT2D eigenvalue weighted by molar-refractivity contribution is 6.38. The molecular weight excluding hydrogens is 1460 g/mol. The van der Waals surface area contributed by atoms with Crippen molar-refractivity contribution in [3.8, 4) is 23.1 Å². The second-order valence-electron chi connectivity index (χ2n) is 26.3. The van der Waals surface area contributed by atoms with Crippen molar-refractivity contribution < 1.29 is 60.6 Å². The molecule has 552 valence electrons. The summed E-state index contributed by atoms with van der Waals surface area (Å²) in [6, 6.07) is 28.5. The number of hydrogen-bond donors (Lipinski definition) is 3. The van der Waals surface area contributed by atoms with E-state index in [4.69, 9.17) is 75.3 Å². The number of imidazole rings is 2. The lowest BCUT2D eigenvalue weighted by molar-refractivity contribution is -0.142. The van der Waals surface area contributed by atoms with Gasteiger partial charge in [0.2, 0.25) is 5.75 Å². The van der Waals surface area contributed by atoms with Gasteiger partial charge in [-0.15, -0.1) is 0 Å². The first-order chi connectivity index (χ1) is 50.5. The summed E-state index contributed by atoms with van der Waals surface area (Å²) in [5.74, 6) is 3.54. The van der Waals surface area contributed by atoms with Gasteiger partial charge < -0.3 is 53.2 Å². The smallest absolute Gasteiger partial charge is 0.433 e. The number of halogens is 10. The molecule has 0 bridgehead atoms. The second kappa shape index (κ2) is 29.7. The van der Waals surface area contributed by atoms with E-state index >= 15 is 0 Å². The van der Waals surface area contributed by atoms with Crippen molar-refractivity contribution in [3.63, 3.8) is 0 Å². The Bertz CT molecular complexity index is 5210. The minimum Gasteiger partial charge on any atom is -0.488 e. The summed E-state index contributed by atoms with van der Waals surface area (Å²) in [6.45, 7) is 10.1. The number of aryl methyl sites for hydroxylation is 3. The van der Waals surface area contributed by atoms with Crippen LogP contribution >= 0.6 is 46.4 Å². The SMILES string of the molecule is CC(C)Oc1c(N2CCC2)nc2ccc(C(O)(c3ccc(C(F)(F)F)nc3)c3ccnn3C)cc2c1Cl.CCOc1c(OC)nc2ccc(C(O)(c3ccc(Cl)cc3)c3cncn3C)cc2c1Cl.Cn1cncc1C(O)(c1ccc(C(F)(F)F)nc1)c1ccc2nc(N3CCC3)c(OCC3CC3)c(Cl)c2c1. The molecule has 30 heteroatoms. The van der Waals surface area contributed by atoms with Crippen LogP contribution in [0.25, 0.3) is 32.7 Å². The van der Waals surface area contributed by atoms with Gasteiger partial charge in [-0.3, -0.25) is 14.6 Å². The van der Waals surface area contributed by atoms with E-state index in [0.717, 1.165) is 76.4 Å². The van der Waals surface area contributed by atoms with Crippen molar-refractivity contribution in [2.24, 2.45) is 27.1 Å². The normalized spacial score (nSPS) is 15.6. The van der Waals surface area contributed by atoms with Crippen LogP contribution in [0.2, 0.25) is 20.1 Å². The summed E-state index contributed by atoms with van der Waals surface area (Å²) in [6.07, 6.45) is 4.85. The third-order valence-electron chi connectivity index (χ3n) is 18.9. The average molecular weight is 1530 g/mol. The molecule has 0 spiro atoms. The van der Waals surface area contributed by atoms with Gasteiger partial charge in [0, 0.05) is 98.2 Å². The molecule has 20 nitrogen and oxygen atoms in total. The zero-order valence-corrected chi connectivity index (χ0v) is 61.3. The molecule has 8 aromatic heterocycles. The minimum atomic E-state index is -4.60. The molecule has 2 aliphatic heterocycles. The predicted octanol–water partition coefficient (Wildman–Crippen LogP) is 15.6. The number of aliphatic hydroxyl groups is 3. The molecule has 0 radical (unpaired) electrons. The Hall–Kier alpha value is -9.54. The lowest BCUT2D eigenvalue weighted by Crippen LogP contribution is -2.38. The number of pyridine rings is 5. The average Bonchev–Trinajstić information content (AvgIpc) is 1.17. The predicted molar refractivity (Wildman–Crippen MR) is 391 cm³/mol. The van der Waals surface area contributed by atoms with Crippen molar-refractivity contribution in [2.45, 2.75) is 81.7 Å². The third-order valence-corrected chi connectivity index (χ3v) is 20.3. The molecule has 106 heavy (non-hydrogen) atoms. The van der Waals surface area contributed by atoms with Gasteiger partial charge >= 0.3 is 12.4 Å². The maximum absolute atomic E-state index is 13.2. The minimum absolute atomic E-state index is 0.142. The molecule has 1 aliphatic carbocycles. The number of benzene rings is 4. The van der Waals surface area contributed by atoms with Gasteiger partial charge in [-0.2, -0.15) is 31.4 Å². The van der Waals surface area contributed by atoms with E-state index in [9.17, 15) is 41.7 Å². The number of ether oxygens (including phenoxy) is 4. The number of aromatic nitrogens is 11. The highest BCUT2D eigenvalue weighted by atomic mass is 35.5. The maximum Gasteiger partial charge on any atom is 0.433 e. The fourth-order valence-corrected chi connectivity index (χ4v) is 13.9. The van der Waals surface area contributed by atoms with E-state index in [2.05, 4.69) is 39.8 Å². The van der Waals surface area contributed by atoms with Gasteiger partial charge in [0.25, 0.3) is 5.88 Å². The molecular formula is C76H71Cl4F6N13O7. The molecule has 3 atom stereocenters. The Balaban J connectivity index is 0.000000142.